The van der Waals surface area contributed by atoms with Gasteiger partial charge in [0.2, 0.25) is 0 Å². The average Bonchev–Trinajstić information content (AvgIpc) is 3.21. The Bertz CT molecular complexity index is 1020. The lowest BCUT2D eigenvalue weighted by molar-refractivity contribution is -0.0229. The van der Waals surface area contributed by atoms with E-state index in [2.05, 4.69) is 38.8 Å². The normalized spacial score (nSPS) is 18.7. The largest absolute Gasteiger partial charge is 0.381 e. The number of aryl methyl sites for hydroxylation is 2. The standard InChI is InChI=1S/C24H28N4O2/c29-23(27-11-4-8-24(17-27)9-13-30-14-10-24)20-15-21-22(25-16-20)28(18-26-21)12-7-19-5-2-1-3-6-19/h1-3,5-6,15-16,18H,4,7-14,17H2. The van der Waals surface area contributed by atoms with Crippen LogP contribution in [-0.2, 0) is 17.7 Å². The Morgan fingerprint density at radius 3 is 2.77 bits per heavy atom. The lowest BCUT2D eigenvalue weighted by Crippen LogP contribution is -2.48. The maximum atomic E-state index is 13.2. The summed E-state index contributed by atoms with van der Waals surface area (Å²) in [7, 11) is 0. The van der Waals surface area contributed by atoms with Crippen LogP contribution in [-0.4, -0.2) is 51.6 Å². The molecule has 2 saturated heterocycles. The molecule has 0 radical (unpaired) electrons. The van der Waals surface area contributed by atoms with Crippen molar-refractivity contribution in [2.45, 2.75) is 38.6 Å². The number of hydrogen-bond donors (Lipinski definition) is 0. The van der Waals surface area contributed by atoms with Crippen molar-refractivity contribution in [3.63, 3.8) is 0 Å². The Kier molecular flexibility index (Phi) is 5.25. The van der Waals surface area contributed by atoms with Gasteiger partial charge in [-0.1, -0.05) is 30.3 Å². The number of ether oxygens (including phenoxy) is 1. The van der Waals surface area contributed by atoms with E-state index in [1.165, 1.54) is 12.0 Å². The summed E-state index contributed by atoms with van der Waals surface area (Å²) in [5.74, 6) is 0.0776. The van der Waals surface area contributed by atoms with Gasteiger partial charge in [0.1, 0.15) is 5.52 Å². The molecule has 4 heterocycles. The SMILES string of the molecule is O=C(c1cnc2c(c1)ncn2CCc1ccccc1)N1CCCC2(CCOCC2)C1. The van der Waals surface area contributed by atoms with E-state index in [-0.39, 0.29) is 11.3 Å². The third-order valence-corrected chi connectivity index (χ3v) is 6.69. The fourth-order valence-electron chi connectivity index (χ4n) is 4.90. The van der Waals surface area contributed by atoms with Crippen LogP contribution in [0.1, 0.15) is 41.6 Å². The first-order valence-corrected chi connectivity index (χ1v) is 10.9. The molecular weight excluding hydrogens is 376 g/mol. The molecule has 2 aliphatic rings. The van der Waals surface area contributed by atoms with Crippen LogP contribution in [0.2, 0.25) is 0 Å². The van der Waals surface area contributed by atoms with Crippen LogP contribution in [0, 0.1) is 5.41 Å². The van der Waals surface area contributed by atoms with E-state index < -0.39 is 0 Å². The zero-order valence-corrected chi connectivity index (χ0v) is 17.3. The van der Waals surface area contributed by atoms with E-state index in [1.54, 1.807) is 6.20 Å². The first-order valence-electron chi connectivity index (χ1n) is 10.9. The number of piperidine rings is 1. The average molecular weight is 405 g/mol. The Morgan fingerprint density at radius 2 is 1.93 bits per heavy atom. The summed E-state index contributed by atoms with van der Waals surface area (Å²) >= 11 is 0. The predicted molar refractivity (Wildman–Crippen MR) is 115 cm³/mol. The maximum Gasteiger partial charge on any atom is 0.255 e. The summed E-state index contributed by atoms with van der Waals surface area (Å²) in [5, 5.41) is 0. The van der Waals surface area contributed by atoms with Gasteiger partial charge in [-0.05, 0) is 49.1 Å². The molecule has 0 atom stereocenters. The number of rotatable bonds is 4. The Hall–Kier alpha value is -2.73. The molecular formula is C24H28N4O2. The van der Waals surface area contributed by atoms with Crippen molar-refractivity contribution in [3.8, 4) is 0 Å². The summed E-state index contributed by atoms with van der Waals surface area (Å²) in [6.07, 6.45) is 8.84. The van der Waals surface area contributed by atoms with E-state index >= 15 is 0 Å². The van der Waals surface area contributed by atoms with Gasteiger partial charge in [0.15, 0.2) is 5.65 Å². The summed E-state index contributed by atoms with van der Waals surface area (Å²) in [5.41, 5.74) is 3.79. The van der Waals surface area contributed by atoms with E-state index in [1.807, 2.05) is 23.4 Å². The number of aromatic nitrogens is 3. The summed E-state index contributed by atoms with van der Waals surface area (Å²) in [6.45, 7) is 4.10. The van der Waals surface area contributed by atoms with Gasteiger partial charge < -0.3 is 14.2 Å². The third kappa shape index (κ3) is 3.84. The number of carbonyl (C=O) groups is 1. The highest BCUT2D eigenvalue weighted by Gasteiger charge is 2.38. The minimum absolute atomic E-state index is 0.0776. The number of imidazole rings is 1. The monoisotopic (exact) mass is 404 g/mol. The molecule has 2 fully saturated rings. The van der Waals surface area contributed by atoms with Gasteiger partial charge in [0.25, 0.3) is 5.91 Å². The predicted octanol–water partition coefficient (Wildman–Crippen LogP) is 3.71. The third-order valence-electron chi connectivity index (χ3n) is 6.69. The quantitative estimate of drug-likeness (QED) is 0.665. The number of hydrogen-bond acceptors (Lipinski definition) is 4. The first-order chi connectivity index (χ1) is 14.7. The molecule has 0 aliphatic carbocycles. The Labute approximate surface area is 176 Å². The summed E-state index contributed by atoms with van der Waals surface area (Å²) in [4.78, 5) is 24.3. The molecule has 1 amide bonds. The Balaban J connectivity index is 1.30. The topological polar surface area (TPSA) is 60.2 Å². The number of benzene rings is 1. The lowest BCUT2D eigenvalue weighted by Gasteiger charge is -2.45. The van der Waals surface area contributed by atoms with Crippen LogP contribution in [0.4, 0.5) is 0 Å². The summed E-state index contributed by atoms with van der Waals surface area (Å²) < 4.78 is 7.62. The van der Waals surface area contributed by atoms with Crippen LogP contribution in [0.25, 0.3) is 11.2 Å². The van der Waals surface area contributed by atoms with Gasteiger partial charge in [0, 0.05) is 39.0 Å². The van der Waals surface area contributed by atoms with Gasteiger partial charge in [-0.2, -0.15) is 0 Å². The highest BCUT2D eigenvalue weighted by molar-refractivity contribution is 5.96. The highest BCUT2D eigenvalue weighted by Crippen LogP contribution is 2.39. The van der Waals surface area contributed by atoms with Crippen LogP contribution in [0.3, 0.4) is 0 Å². The highest BCUT2D eigenvalue weighted by atomic mass is 16.5. The van der Waals surface area contributed by atoms with E-state index in [4.69, 9.17) is 4.74 Å². The molecule has 6 heteroatoms. The van der Waals surface area contributed by atoms with Crippen molar-refractivity contribution in [1.29, 1.82) is 0 Å². The van der Waals surface area contributed by atoms with E-state index in [0.717, 1.165) is 69.7 Å². The smallest absolute Gasteiger partial charge is 0.255 e. The first kappa shape index (κ1) is 19.2. The number of fused-ring (bicyclic) bond motifs is 1. The van der Waals surface area contributed by atoms with Gasteiger partial charge in [0.05, 0.1) is 11.9 Å². The second-order valence-electron chi connectivity index (χ2n) is 8.68. The fourth-order valence-corrected chi connectivity index (χ4v) is 4.90. The molecule has 6 nitrogen and oxygen atoms in total. The van der Waals surface area contributed by atoms with Gasteiger partial charge in [-0.3, -0.25) is 4.79 Å². The van der Waals surface area contributed by atoms with Gasteiger partial charge >= 0.3 is 0 Å². The molecule has 30 heavy (non-hydrogen) atoms. The number of amides is 1. The minimum Gasteiger partial charge on any atom is -0.381 e. The number of likely N-dealkylation sites (tertiary alicyclic amines) is 1. The fraction of sp³-hybridized carbons (Fsp3) is 0.458. The second-order valence-corrected chi connectivity index (χ2v) is 8.68. The Morgan fingerprint density at radius 1 is 1.10 bits per heavy atom. The molecule has 5 rings (SSSR count). The van der Waals surface area contributed by atoms with E-state index in [0.29, 0.717) is 5.56 Å². The number of nitrogens with zero attached hydrogens (tertiary/aromatic N) is 4. The van der Waals surface area contributed by atoms with Crippen molar-refractivity contribution < 1.29 is 9.53 Å². The molecule has 2 aliphatic heterocycles. The number of pyridine rings is 1. The van der Waals surface area contributed by atoms with Crippen LogP contribution < -0.4 is 0 Å². The molecule has 0 bridgehead atoms. The second kappa shape index (κ2) is 8.19. The zero-order chi connectivity index (χ0) is 20.4. The molecule has 0 unspecified atom stereocenters. The minimum atomic E-state index is 0.0776. The molecule has 0 N–H and O–H groups in total. The lowest BCUT2D eigenvalue weighted by atomic mass is 9.74. The molecule has 1 aromatic carbocycles. The van der Waals surface area contributed by atoms with Crippen LogP contribution in [0.5, 0.6) is 0 Å². The molecule has 3 aromatic rings. The van der Waals surface area contributed by atoms with Crippen molar-refractivity contribution >= 4 is 17.1 Å². The molecule has 2 aromatic heterocycles. The van der Waals surface area contributed by atoms with Crippen molar-refractivity contribution in [2.75, 3.05) is 26.3 Å². The molecule has 156 valence electrons. The molecule has 1 spiro atoms. The zero-order valence-electron chi connectivity index (χ0n) is 17.3. The summed E-state index contributed by atoms with van der Waals surface area (Å²) in [6, 6.07) is 12.3. The van der Waals surface area contributed by atoms with Crippen molar-refractivity contribution in [2.24, 2.45) is 5.41 Å². The van der Waals surface area contributed by atoms with Crippen molar-refractivity contribution in [3.05, 3.63) is 60.0 Å². The number of carbonyl (C=O) groups excluding carboxylic acids is 1. The van der Waals surface area contributed by atoms with Gasteiger partial charge in [-0.15, -0.1) is 0 Å². The van der Waals surface area contributed by atoms with Gasteiger partial charge in [-0.25, -0.2) is 9.97 Å². The van der Waals surface area contributed by atoms with Crippen LogP contribution in [0.15, 0.2) is 48.9 Å². The van der Waals surface area contributed by atoms with E-state index in [9.17, 15) is 4.79 Å². The van der Waals surface area contributed by atoms with Crippen LogP contribution >= 0.6 is 0 Å². The maximum absolute atomic E-state index is 13.2. The molecule has 0 saturated carbocycles. The van der Waals surface area contributed by atoms with Crippen molar-refractivity contribution in [1.82, 2.24) is 19.4 Å².